The van der Waals surface area contributed by atoms with Crippen molar-refractivity contribution in [1.82, 2.24) is 5.32 Å². The summed E-state index contributed by atoms with van der Waals surface area (Å²) in [7, 11) is 0. The lowest BCUT2D eigenvalue weighted by atomic mass is 10.1. The molecule has 2 unspecified atom stereocenters. The minimum absolute atomic E-state index is 0.0570. The highest BCUT2D eigenvalue weighted by Crippen LogP contribution is 2.30. The SMILES string of the molecule is OC1(O)COC2C1NC[C@H]2Cl. The Bertz CT molecular complexity index is 175. The van der Waals surface area contributed by atoms with E-state index in [0.717, 1.165) is 0 Å². The second-order valence-corrected chi connectivity index (χ2v) is 3.62. The molecule has 2 rings (SSSR count). The maximum absolute atomic E-state index is 9.29. The fourth-order valence-corrected chi connectivity index (χ4v) is 1.92. The monoisotopic (exact) mass is 179 g/mol. The molecule has 2 aliphatic heterocycles. The van der Waals surface area contributed by atoms with E-state index in [4.69, 9.17) is 16.3 Å². The zero-order valence-corrected chi connectivity index (χ0v) is 6.58. The molecule has 0 amide bonds. The quantitative estimate of drug-likeness (QED) is 0.318. The van der Waals surface area contributed by atoms with Crippen LogP contribution >= 0.6 is 11.6 Å². The largest absolute Gasteiger partial charge is 0.369 e. The normalized spacial score (nSPS) is 47.7. The molecular formula is C6H10ClNO3. The van der Waals surface area contributed by atoms with Crippen molar-refractivity contribution in [2.24, 2.45) is 0 Å². The second-order valence-electron chi connectivity index (χ2n) is 3.06. The summed E-state index contributed by atoms with van der Waals surface area (Å²) >= 11 is 5.83. The average Bonchev–Trinajstić information content (AvgIpc) is 2.39. The number of rotatable bonds is 0. The second kappa shape index (κ2) is 2.31. The first kappa shape index (κ1) is 7.76. The van der Waals surface area contributed by atoms with Crippen LogP contribution in [0.1, 0.15) is 0 Å². The van der Waals surface area contributed by atoms with Gasteiger partial charge in [-0.25, -0.2) is 0 Å². The summed E-state index contributed by atoms with van der Waals surface area (Å²) in [6, 6.07) is -0.426. The molecule has 2 saturated heterocycles. The van der Waals surface area contributed by atoms with Crippen molar-refractivity contribution in [2.75, 3.05) is 13.2 Å². The summed E-state index contributed by atoms with van der Waals surface area (Å²) in [4.78, 5) is 0. The third-order valence-electron chi connectivity index (χ3n) is 2.20. The lowest BCUT2D eigenvalue weighted by Gasteiger charge is -2.20. The Morgan fingerprint density at radius 3 is 2.91 bits per heavy atom. The molecule has 3 atom stereocenters. The van der Waals surface area contributed by atoms with Crippen LogP contribution in [0.5, 0.6) is 0 Å². The molecule has 4 nitrogen and oxygen atoms in total. The number of fused-ring (bicyclic) bond motifs is 1. The van der Waals surface area contributed by atoms with Crippen LogP contribution in [0.15, 0.2) is 0 Å². The van der Waals surface area contributed by atoms with Crippen molar-refractivity contribution >= 4 is 11.6 Å². The van der Waals surface area contributed by atoms with E-state index in [2.05, 4.69) is 5.32 Å². The highest BCUT2D eigenvalue weighted by Gasteiger charge is 2.53. The van der Waals surface area contributed by atoms with Crippen molar-refractivity contribution < 1.29 is 14.9 Å². The van der Waals surface area contributed by atoms with E-state index < -0.39 is 11.8 Å². The topological polar surface area (TPSA) is 61.7 Å². The molecule has 2 aliphatic rings. The molecule has 0 aliphatic carbocycles. The van der Waals surface area contributed by atoms with E-state index in [1.165, 1.54) is 0 Å². The molecule has 0 aromatic heterocycles. The number of ether oxygens (including phenoxy) is 1. The van der Waals surface area contributed by atoms with Crippen molar-refractivity contribution in [3.63, 3.8) is 0 Å². The third kappa shape index (κ3) is 1.06. The summed E-state index contributed by atoms with van der Waals surface area (Å²) in [6.07, 6.45) is -0.258. The Balaban J connectivity index is 2.17. The highest BCUT2D eigenvalue weighted by molar-refractivity contribution is 6.21. The summed E-state index contributed by atoms with van der Waals surface area (Å²) < 4.78 is 5.11. The van der Waals surface area contributed by atoms with Crippen LogP contribution < -0.4 is 5.32 Å². The van der Waals surface area contributed by atoms with Crippen LogP contribution in [0.3, 0.4) is 0 Å². The molecule has 0 radical (unpaired) electrons. The molecular weight excluding hydrogens is 170 g/mol. The number of alkyl halides is 1. The van der Waals surface area contributed by atoms with Gasteiger partial charge in [-0.3, -0.25) is 0 Å². The predicted octanol–water partition coefficient (Wildman–Crippen LogP) is -1.35. The molecule has 2 heterocycles. The number of aliphatic hydroxyl groups is 2. The van der Waals surface area contributed by atoms with Gasteiger partial charge in [-0.2, -0.15) is 0 Å². The molecule has 0 aromatic carbocycles. The maximum atomic E-state index is 9.29. The summed E-state index contributed by atoms with van der Waals surface area (Å²) in [6.45, 7) is 0.512. The van der Waals surface area contributed by atoms with Gasteiger partial charge in [0.05, 0.1) is 17.5 Å². The first-order chi connectivity index (χ1) is 5.11. The van der Waals surface area contributed by atoms with Crippen molar-refractivity contribution in [3.8, 4) is 0 Å². The molecule has 0 saturated carbocycles. The van der Waals surface area contributed by atoms with Crippen LogP contribution in [0.4, 0.5) is 0 Å². The lowest BCUT2D eigenvalue weighted by Crippen LogP contribution is -2.48. The summed E-state index contributed by atoms with van der Waals surface area (Å²) in [5.74, 6) is -1.74. The van der Waals surface area contributed by atoms with E-state index in [0.29, 0.717) is 6.54 Å². The maximum Gasteiger partial charge on any atom is 0.205 e. The smallest absolute Gasteiger partial charge is 0.205 e. The molecule has 2 fully saturated rings. The van der Waals surface area contributed by atoms with Gasteiger partial charge in [-0.05, 0) is 0 Å². The molecule has 11 heavy (non-hydrogen) atoms. The fourth-order valence-electron chi connectivity index (χ4n) is 1.62. The first-order valence-corrected chi connectivity index (χ1v) is 3.99. The minimum atomic E-state index is -1.74. The van der Waals surface area contributed by atoms with E-state index >= 15 is 0 Å². The Morgan fingerprint density at radius 1 is 1.55 bits per heavy atom. The van der Waals surface area contributed by atoms with Crippen LogP contribution in [-0.4, -0.2) is 46.7 Å². The Hall–Kier alpha value is 0.130. The van der Waals surface area contributed by atoms with Gasteiger partial charge in [0.2, 0.25) is 5.79 Å². The van der Waals surface area contributed by atoms with Gasteiger partial charge in [0.1, 0.15) is 6.61 Å². The van der Waals surface area contributed by atoms with Crippen LogP contribution in [-0.2, 0) is 4.74 Å². The molecule has 3 N–H and O–H groups in total. The Labute approximate surface area is 69.1 Å². The van der Waals surface area contributed by atoms with Crippen LogP contribution in [0.25, 0.3) is 0 Å². The fraction of sp³-hybridized carbons (Fsp3) is 1.00. The van der Waals surface area contributed by atoms with Crippen LogP contribution in [0.2, 0.25) is 0 Å². The zero-order valence-electron chi connectivity index (χ0n) is 5.83. The van der Waals surface area contributed by atoms with Gasteiger partial charge >= 0.3 is 0 Å². The lowest BCUT2D eigenvalue weighted by molar-refractivity contribution is -0.169. The van der Waals surface area contributed by atoms with Gasteiger partial charge in [-0.15, -0.1) is 11.6 Å². The van der Waals surface area contributed by atoms with E-state index in [1.807, 2.05) is 0 Å². The standard InChI is InChI=1S/C6H10ClNO3/c7-3-1-8-5-4(3)11-2-6(5,9)10/h3-5,8-10H,1-2H2/t3-,4?,5?/m1/s1. The molecule has 5 heteroatoms. The van der Waals surface area contributed by atoms with Gasteiger partial charge < -0.3 is 20.3 Å². The first-order valence-electron chi connectivity index (χ1n) is 3.55. The Kier molecular flexibility index (Phi) is 1.63. The van der Waals surface area contributed by atoms with Gasteiger partial charge in [0, 0.05) is 6.54 Å². The predicted molar refractivity (Wildman–Crippen MR) is 38.3 cm³/mol. The summed E-state index contributed by atoms with van der Waals surface area (Å²) in [5.41, 5.74) is 0. The number of halogens is 1. The molecule has 0 bridgehead atoms. The number of nitrogens with one attached hydrogen (secondary N) is 1. The Morgan fingerprint density at radius 2 is 2.27 bits per heavy atom. The van der Waals surface area contributed by atoms with Crippen molar-refractivity contribution in [2.45, 2.75) is 23.3 Å². The van der Waals surface area contributed by atoms with Crippen molar-refractivity contribution in [1.29, 1.82) is 0 Å². The van der Waals surface area contributed by atoms with E-state index in [9.17, 15) is 10.2 Å². The third-order valence-corrected chi connectivity index (χ3v) is 2.61. The van der Waals surface area contributed by atoms with Gasteiger partial charge in [0.15, 0.2) is 0 Å². The minimum Gasteiger partial charge on any atom is -0.369 e. The molecule has 0 aromatic rings. The summed E-state index contributed by atoms with van der Waals surface area (Å²) in [5, 5.41) is 21.3. The number of hydrogen-bond donors (Lipinski definition) is 3. The highest BCUT2D eigenvalue weighted by atomic mass is 35.5. The van der Waals surface area contributed by atoms with Gasteiger partial charge in [-0.1, -0.05) is 0 Å². The van der Waals surface area contributed by atoms with E-state index in [1.54, 1.807) is 0 Å². The molecule has 0 spiro atoms. The van der Waals surface area contributed by atoms with Crippen LogP contribution in [0, 0.1) is 0 Å². The average molecular weight is 180 g/mol. The molecule has 64 valence electrons. The van der Waals surface area contributed by atoms with Crippen molar-refractivity contribution in [3.05, 3.63) is 0 Å². The van der Waals surface area contributed by atoms with E-state index in [-0.39, 0.29) is 18.1 Å². The van der Waals surface area contributed by atoms with Gasteiger partial charge in [0.25, 0.3) is 0 Å². The number of hydrogen-bond acceptors (Lipinski definition) is 4. The zero-order chi connectivity index (χ0) is 8.06.